The number of methoxy groups -OCH3 is 2. The van der Waals surface area contributed by atoms with Gasteiger partial charge < -0.3 is 14.4 Å². The largest absolute Gasteiger partial charge is 0.497 e. The van der Waals surface area contributed by atoms with Crippen molar-refractivity contribution in [3.05, 3.63) is 40.7 Å². The van der Waals surface area contributed by atoms with Gasteiger partial charge in [0.25, 0.3) is 0 Å². The van der Waals surface area contributed by atoms with Crippen molar-refractivity contribution >= 4 is 5.91 Å². The lowest BCUT2D eigenvalue weighted by Gasteiger charge is -2.19. The van der Waals surface area contributed by atoms with E-state index in [0.29, 0.717) is 43.9 Å². The number of aromatic nitrogens is 2. The van der Waals surface area contributed by atoms with E-state index in [1.54, 1.807) is 26.2 Å². The summed E-state index contributed by atoms with van der Waals surface area (Å²) >= 11 is 0. The first-order chi connectivity index (χ1) is 13.4. The van der Waals surface area contributed by atoms with Crippen LogP contribution in [0.3, 0.4) is 0 Å². The zero-order chi connectivity index (χ0) is 20.7. The molecule has 0 bridgehead atoms. The van der Waals surface area contributed by atoms with Crippen molar-refractivity contribution < 1.29 is 14.3 Å². The molecule has 1 aromatic carbocycles. The van der Waals surface area contributed by atoms with Gasteiger partial charge in [0.05, 0.1) is 38.9 Å². The molecule has 0 fully saturated rings. The van der Waals surface area contributed by atoms with Gasteiger partial charge in [0.2, 0.25) is 5.91 Å². The Balaban J connectivity index is 2.00. The smallest absolute Gasteiger partial charge is 0.222 e. The lowest BCUT2D eigenvalue weighted by molar-refractivity contribution is -0.130. The molecular formula is C21H28N4O3. The van der Waals surface area contributed by atoms with Crippen LogP contribution in [0.4, 0.5) is 0 Å². The Hall–Kier alpha value is -3.01. The van der Waals surface area contributed by atoms with Crippen molar-refractivity contribution in [2.24, 2.45) is 0 Å². The number of nitriles is 1. The highest BCUT2D eigenvalue weighted by Crippen LogP contribution is 2.25. The number of amides is 1. The molecule has 1 heterocycles. The monoisotopic (exact) mass is 384 g/mol. The molecule has 0 unspecified atom stereocenters. The van der Waals surface area contributed by atoms with E-state index >= 15 is 0 Å². The van der Waals surface area contributed by atoms with Gasteiger partial charge in [-0.3, -0.25) is 9.48 Å². The number of hydrogen-bond donors (Lipinski definition) is 0. The average Bonchev–Trinajstić information content (AvgIpc) is 2.97. The van der Waals surface area contributed by atoms with Crippen molar-refractivity contribution in [1.82, 2.24) is 14.7 Å². The van der Waals surface area contributed by atoms with Crippen LogP contribution in [0.25, 0.3) is 0 Å². The third-order valence-corrected chi connectivity index (χ3v) is 4.88. The Bertz CT molecular complexity index is 867. The normalized spacial score (nSPS) is 10.4. The average molecular weight is 384 g/mol. The minimum absolute atomic E-state index is 0.0569. The van der Waals surface area contributed by atoms with E-state index in [9.17, 15) is 4.79 Å². The topological polar surface area (TPSA) is 80.4 Å². The van der Waals surface area contributed by atoms with Gasteiger partial charge in [0.1, 0.15) is 11.5 Å². The van der Waals surface area contributed by atoms with E-state index in [0.717, 1.165) is 22.5 Å². The molecule has 2 aromatic rings. The van der Waals surface area contributed by atoms with Crippen molar-refractivity contribution in [1.29, 1.82) is 5.26 Å². The van der Waals surface area contributed by atoms with E-state index in [1.807, 2.05) is 36.7 Å². The van der Waals surface area contributed by atoms with Crippen LogP contribution in [0.15, 0.2) is 18.2 Å². The van der Waals surface area contributed by atoms with Gasteiger partial charge >= 0.3 is 0 Å². The fraction of sp³-hybridized carbons (Fsp3) is 0.476. The summed E-state index contributed by atoms with van der Waals surface area (Å²) in [5, 5.41) is 13.3. The van der Waals surface area contributed by atoms with Gasteiger partial charge in [0.15, 0.2) is 0 Å². The number of rotatable bonds is 9. The Morgan fingerprint density at radius 1 is 1.29 bits per heavy atom. The number of nitrogens with zero attached hydrogens (tertiary/aromatic N) is 4. The maximum atomic E-state index is 12.6. The predicted octanol–water partition coefficient (Wildman–Crippen LogP) is 3.02. The molecular weight excluding hydrogens is 356 g/mol. The second kappa shape index (κ2) is 9.79. The second-order valence-corrected chi connectivity index (χ2v) is 6.71. The summed E-state index contributed by atoms with van der Waals surface area (Å²) in [5.74, 6) is 1.47. The Kier molecular flexibility index (Phi) is 7.44. The van der Waals surface area contributed by atoms with Crippen LogP contribution in [0.5, 0.6) is 11.5 Å². The van der Waals surface area contributed by atoms with Crippen molar-refractivity contribution in [2.75, 3.05) is 21.3 Å². The highest BCUT2D eigenvalue weighted by molar-refractivity contribution is 5.76. The number of carbonyl (C=O) groups excluding carboxylic acids is 1. The molecule has 0 radical (unpaired) electrons. The zero-order valence-corrected chi connectivity index (χ0v) is 17.3. The maximum absolute atomic E-state index is 12.6. The molecule has 7 nitrogen and oxygen atoms in total. The summed E-state index contributed by atoms with van der Waals surface area (Å²) in [5.41, 5.74) is 3.96. The van der Waals surface area contributed by atoms with Crippen molar-refractivity contribution in [3.8, 4) is 17.6 Å². The Morgan fingerprint density at radius 2 is 2.04 bits per heavy atom. The molecule has 1 amide bonds. The van der Waals surface area contributed by atoms with Crippen molar-refractivity contribution in [2.45, 2.75) is 46.2 Å². The fourth-order valence-corrected chi connectivity index (χ4v) is 3.22. The fourth-order valence-electron chi connectivity index (χ4n) is 3.22. The summed E-state index contributed by atoms with van der Waals surface area (Å²) < 4.78 is 12.5. The summed E-state index contributed by atoms with van der Waals surface area (Å²) in [6, 6.07) is 7.72. The SMILES string of the molecule is COc1ccc(CN(C)C(=O)CCc2c(C)nn(CCC#N)c2C)c(OC)c1. The molecule has 0 aliphatic carbocycles. The molecule has 0 saturated heterocycles. The third-order valence-electron chi connectivity index (χ3n) is 4.88. The summed E-state index contributed by atoms with van der Waals surface area (Å²) in [4.78, 5) is 14.3. The number of hydrogen-bond acceptors (Lipinski definition) is 5. The first-order valence-electron chi connectivity index (χ1n) is 9.26. The van der Waals surface area contributed by atoms with E-state index in [1.165, 1.54) is 0 Å². The maximum Gasteiger partial charge on any atom is 0.222 e. The van der Waals surface area contributed by atoms with Crippen LogP contribution in [0.2, 0.25) is 0 Å². The summed E-state index contributed by atoms with van der Waals surface area (Å²) in [6.45, 7) is 4.98. The highest BCUT2D eigenvalue weighted by Gasteiger charge is 2.16. The van der Waals surface area contributed by atoms with Gasteiger partial charge in [-0.25, -0.2) is 0 Å². The molecule has 0 atom stereocenters. The molecule has 0 spiro atoms. The van der Waals surface area contributed by atoms with Crippen molar-refractivity contribution in [3.63, 3.8) is 0 Å². The number of aryl methyl sites for hydroxylation is 2. The standard InChI is InChI=1S/C21H28N4O3/c1-15-19(16(2)25(23-15)12-6-11-22)9-10-21(26)24(3)14-17-7-8-18(27-4)13-20(17)28-5/h7-8,13H,6,9-10,12,14H2,1-5H3. The molecule has 0 aliphatic rings. The molecule has 1 aromatic heterocycles. The van der Waals surface area contributed by atoms with Crippen LogP contribution in [0.1, 0.15) is 35.4 Å². The first-order valence-corrected chi connectivity index (χ1v) is 9.26. The molecule has 2 rings (SSSR count). The quantitative estimate of drug-likeness (QED) is 0.664. The van der Waals surface area contributed by atoms with Crippen LogP contribution < -0.4 is 9.47 Å². The second-order valence-electron chi connectivity index (χ2n) is 6.71. The Labute approximate surface area is 166 Å². The molecule has 0 aliphatic heterocycles. The molecule has 150 valence electrons. The third kappa shape index (κ3) is 5.03. The van der Waals surface area contributed by atoms with E-state index in [4.69, 9.17) is 14.7 Å². The van der Waals surface area contributed by atoms with E-state index < -0.39 is 0 Å². The van der Waals surface area contributed by atoms with Gasteiger partial charge in [0, 0.05) is 37.3 Å². The molecule has 0 saturated carbocycles. The van der Waals surface area contributed by atoms with E-state index in [2.05, 4.69) is 11.2 Å². The molecule has 28 heavy (non-hydrogen) atoms. The number of ether oxygens (including phenoxy) is 2. The summed E-state index contributed by atoms with van der Waals surface area (Å²) in [7, 11) is 5.01. The van der Waals surface area contributed by atoms with Gasteiger partial charge in [-0.2, -0.15) is 10.4 Å². The minimum atomic E-state index is 0.0569. The van der Waals surface area contributed by atoms with E-state index in [-0.39, 0.29) is 5.91 Å². The van der Waals surface area contributed by atoms with Crippen LogP contribution in [0, 0.1) is 25.2 Å². The number of benzene rings is 1. The zero-order valence-electron chi connectivity index (χ0n) is 17.3. The number of carbonyl (C=O) groups is 1. The molecule has 7 heteroatoms. The highest BCUT2D eigenvalue weighted by atomic mass is 16.5. The first kappa shape index (κ1) is 21.3. The van der Waals surface area contributed by atoms with Crippen LogP contribution >= 0.6 is 0 Å². The minimum Gasteiger partial charge on any atom is -0.497 e. The van der Waals surface area contributed by atoms with Gasteiger partial charge in [-0.15, -0.1) is 0 Å². The lowest BCUT2D eigenvalue weighted by atomic mass is 10.1. The lowest BCUT2D eigenvalue weighted by Crippen LogP contribution is -2.26. The predicted molar refractivity (Wildman–Crippen MR) is 106 cm³/mol. The van der Waals surface area contributed by atoms with Gasteiger partial charge in [-0.05, 0) is 38.0 Å². The Morgan fingerprint density at radius 3 is 2.68 bits per heavy atom. The molecule has 0 N–H and O–H groups in total. The summed E-state index contributed by atoms with van der Waals surface area (Å²) in [6.07, 6.45) is 1.46. The van der Waals surface area contributed by atoms with Crippen LogP contribution in [-0.4, -0.2) is 41.9 Å². The van der Waals surface area contributed by atoms with Crippen LogP contribution in [-0.2, 0) is 24.3 Å². The van der Waals surface area contributed by atoms with Gasteiger partial charge in [-0.1, -0.05) is 0 Å².